The Morgan fingerprint density at radius 3 is 1.18 bits per heavy atom. The zero-order valence-electron chi connectivity index (χ0n) is 24.5. The van der Waals surface area contributed by atoms with Gasteiger partial charge in [0, 0.05) is 0 Å². The fourth-order valence-corrected chi connectivity index (χ4v) is 15.0. The van der Waals surface area contributed by atoms with Crippen molar-refractivity contribution >= 4 is 55.6 Å². The standard InChI is InChI=1S/C24H20B.C12H25SiTe/c1-5-13-21(14-6-1)25(22-15-7-2-8-16-22,23-17-9-3-10-18-23)24-19-11-4-12-20-24;1-11-7-8-12(2)14(11)10-6-9-13(3,4)5/h1-20H;6,9,11-12H,7-8,10H2,1-5H3/q-1;+1/b;9-6+/t;11-,12-/m.0/s1. The maximum absolute atomic E-state index is 2.55. The quantitative estimate of drug-likeness (QED) is 0.183. The van der Waals surface area contributed by atoms with Crippen LogP contribution in [0, 0.1) is 0 Å². The zero-order chi connectivity index (χ0) is 27.7. The molecule has 4 aromatic carbocycles. The number of rotatable bonds is 7. The van der Waals surface area contributed by atoms with Crippen molar-refractivity contribution < 1.29 is 0 Å². The summed E-state index contributed by atoms with van der Waals surface area (Å²) in [6.45, 7) is 12.3. The minimum absolute atomic E-state index is 0.733. The fraction of sp³-hybridized carbons (Fsp3) is 0.278. The van der Waals surface area contributed by atoms with Gasteiger partial charge in [-0.05, 0) is 0 Å². The predicted molar refractivity (Wildman–Crippen MR) is 181 cm³/mol. The zero-order valence-corrected chi connectivity index (χ0v) is 27.8. The average Bonchev–Trinajstić information content (AvgIpc) is 3.28. The fourth-order valence-electron chi connectivity index (χ4n) is 6.13. The smallest absolute Gasteiger partial charge is 0.108 e. The molecule has 0 saturated carbocycles. The molecule has 1 fully saturated rings. The van der Waals surface area contributed by atoms with Crippen LogP contribution in [-0.4, -0.2) is 33.8 Å². The maximum atomic E-state index is 2.55. The van der Waals surface area contributed by atoms with Crippen molar-refractivity contribution in [1.29, 1.82) is 0 Å². The molecule has 1 heterocycles. The van der Waals surface area contributed by atoms with Crippen molar-refractivity contribution in [3.8, 4) is 0 Å². The molecule has 0 unspecified atom stereocenters. The monoisotopic (exact) mass is 646 g/mol. The van der Waals surface area contributed by atoms with E-state index in [4.69, 9.17) is 0 Å². The van der Waals surface area contributed by atoms with Gasteiger partial charge in [0.15, 0.2) is 0 Å². The van der Waals surface area contributed by atoms with Gasteiger partial charge in [0.25, 0.3) is 0 Å². The second-order valence-electron chi connectivity index (χ2n) is 12.1. The molecule has 39 heavy (non-hydrogen) atoms. The molecule has 1 aliphatic rings. The minimum Gasteiger partial charge on any atom is -0.195 e. The van der Waals surface area contributed by atoms with Gasteiger partial charge in [-0.3, -0.25) is 0 Å². The molecule has 0 bridgehead atoms. The van der Waals surface area contributed by atoms with Crippen molar-refractivity contribution in [2.45, 2.75) is 58.7 Å². The van der Waals surface area contributed by atoms with Crippen LogP contribution in [0.1, 0.15) is 26.7 Å². The van der Waals surface area contributed by atoms with Crippen LogP contribution in [0.5, 0.6) is 0 Å². The summed E-state index contributed by atoms with van der Waals surface area (Å²) in [5.41, 5.74) is 7.90. The van der Waals surface area contributed by atoms with Crippen LogP contribution in [0.4, 0.5) is 0 Å². The molecule has 202 valence electrons. The van der Waals surface area contributed by atoms with Gasteiger partial charge < -0.3 is 0 Å². The molecule has 5 rings (SSSR count). The summed E-state index contributed by atoms with van der Waals surface area (Å²) in [6.07, 6.45) is 4.38. The molecule has 0 nitrogen and oxygen atoms in total. The molecule has 1 aliphatic heterocycles. The average molecular weight is 644 g/mol. The minimum atomic E-state index is -1.22. The van der Waals surface area contributed by atoms with Gasteiger partial charge in [-0.25, -0.2) is 0 Å². The van der Waals surface area contributed by atoms with Crippen molar-refractivity contribution in [1.82, 2.24) is 0 Å². The first-order chi connectivity index (χ1) is 18.8. The molecular formula is C36H45BSiTe. The van der Waals surface area contributed by atoms with Crippen LogP contribution < -0.4 is 21.9 Å². The second kappa shape index (κ2) is 13.8. The van der Waals surface area contributed by atoms with E-state index in [0.29, 0.717) is 0 Å². The van der Waals surface area contributed by atoms with Crippen LogP contribution in [0.25, 0.3) is 0 Å². The predicted octanol–water partition coefficient (Wildman–Crippen LogP) is 7.55. The van der Waals surface area contributed by atoms with E-state index in [1.165, 1.54) is 39.2 Å². The summed E-state index contributed by atoms with van der Waals surface area (Å²) in [7, 11) is -0.927. The van der Waals surface area contributed by atoms with E-state index in [0.717, 1.165) is 7.93 Å². The van der Waals surface area contributed by atoms with Crippen molar-refractivity contribution in [3.05, 3.63) is 133 Å². The third-order valence-electron chi connectivity index (χ3n) is 8.12. The van der Waals surface area contributed by atoms with E-state index in [1.807, 2.05) is 0 Å². The van der Waals surface area contributed by atoms with Crippen LogP contribution in [-0.2, 0) is 0 Å². The molecule has 0 aliphatic carbocycles. The number of hydrogen-bond acceptors (Lipinski definition) is 0. The Labute approximate surface area is 246 Å². The number of hydrogen-bond donors (Lipinski definition) is 0. The van der Waals surface area contributed by atoms with Gasteiger partial charge in [-0.15, -0.1) is 0 Å². The van der Waals surface area contributed by atoms with E-state index in [1.54, 1.807) is 0 Å². The van der Waals surface area contributed by atoms with E-state index in [-0.39, 0.29) is 0 Å². The van der Waals surface area contributed by atoms with Crippen LogP contribution in [0.2, 0.25) is 32.0 Å². The van der Waals surface area contributed by atoms with E-state index < -0.39 is 33.8 Å². The molecular weight excluding hydrogens is 599 g/mol. The summed E-state index contributed by atoms with van der Waals surface area (Å²) < 4.78 is 3.75. The topological polar surface area (TPSA) is 0 Å². The van der Waals surface area contributed by atoms with Crippen molar-refractivity contribution in [2.75, 3.05) is 0 Å². The summed E-state index contributed by atoms with van der Waals surface area (Å²) in [5.74, 6) is 0. The van der Waals surface area contributed by atoms with Crippen LogP contribution in [0.15, 0.2) is 133 Å². The van der Waals surface area contributed by atoms with Crippen LogP contribution in [0.3, 0.4) is 0 Å². The van der Waals surface area contributed by atoms with Gasteiger partial charge in [0.1, 0.15) is 6.15 Å². The Bertz CT molecular complexity index is 1110. The molecule has 0 N–H and O–H groups in total. The first-order valence-electron chi connectivity index (χ1n) is 14.6. The Morgan fingerprint density at radius 1 is 0.590 bits per heavy atom. The SMILES string of the molecule is C[C@H]1CC[C@H](C)[Te+]1C/C=C/[Si](C)(C)C.c1ccc([B-](c2ccccc2)(c2ccccc2)c2ccccc2)cc1. The Balaban J connectivity index is 0.000000215. The summed E-state index contributed by atoms with van der Waals surface area (Å²) in [4.78, 5) is 0. The van der Waals surface area contributed by atoms with E-state index in [2.05, 4.69) is 167 Å². The Kier molecular flexibility index (Phi) is 10.5. The van der Waals surface area contributed by atoms with E-state index >= 15 is 0 Å². The molecule has 2 atom stereocenters. The van der Waals surface area contributed by atoms with Gasteiger partial charge in [-0.2, -0.15) is 21.9 Å². The Morgan fingerprint density at radius 2 is 0.897 bits per heavy atom. The number of benzene rings is 4. The third kappa shape index (κ3) is 7.46. The summed E-state index contributed by atoms with van der Waals surface area (Å²) >= 11 is -0.733. The summed E-state index contributed by atoms with van der Waals surface area (Å²) in [6, 6.07) is 43.5. The van der Waals surface area contributed by atoms with Gasteiger partial charge in [0.05, 0.1) is 0 Å². The molecule has 0 radical (unpaired) electrons. The summed E-state index contributed by atoms with van der Waals surface area (Å²) in [5, 5.41) is 0. The third-order valence-corrected chi connectivity index (χ3v) is 18.2. The molecule has 0 spiro atoms. The largest absolute Gasteiger partial charge is 0.195 e. The van der Waals surface area contributed by atoms with Gasteiger partial charge in [-0.1, -0.05) is 121 Å². The molecule has 0 aromatic heterocycles. The van der Waals surface area contributed by atoms with Gasteiger partial charge >= 0.3 is 98.1 Å². The second-order valence-corrected chi connectivity index (χ2v) is 25.4. The molecule has 0 amide bonds. The first-order valence-corrected chi connectivity index (χ1v) is 22.5. The van der Waals surface area contributed by atoms with E-state index in [9.17, 15) is 0 Å². The van der Waals surface area contributed by atoms with Gasteiger partial charge in [0.2, 0.25) is 0 Å². The van der Waals surface area contributed by atoms with Crippen LogP contribution >= 0.6 is 0 Å². The maximum Gasteiger partial charge on any atom is 0.108 e. The normalized spacial score (nSPS) is 18.1. The number of allylic oxidation sites excluding steroid dienone is 1. The molecule has 4 aromatic rings. The Hall–Kier alpha value is -2.31. The molecule has 3 heteroatoms. The van der Waals surface area contributed by atoms with Crippen molar-refractivity contribution in [2.24, 2.45) is 0 Å². The molecule has 1 saturated heterocycles. The first kappa shape index (κ1) is 29.7. The van der Waals surface area contributed by atoms with Crippen molar-refractivity contribution in [3.63, 3.8) is 0 Å².